The van der Waals surface area contributed by atoms with Crippen molar-refractivity contribution in [2.24, 2.45) is 5.41 Å². The average molecular weight is 344 g/mol. The summed E-state index contributed by atoms with van der Waals surface area (Å²) in [5.41, 5.74) is 1.39. The molecule has 0 saturated carbocycles. The van der Waals surface area contributed by atoms with E-state index in [1.807, 2.05) is 30.3 Å². The summed E-state index contributed by atoms with van der Waals surface area (Å²) in [5, 5.41) is 15.2. The molecule has 0 radical (unpaired) electrons. The standard InChI is InChI=1S/C19H21FN2O3/c20-16-7-6-15(21-10-19(11-23)12-25-13-19)9-17(16)22-18(24)8-14-4-2-1-3-5-14/h1-7,9,21,23H,8,10-13H2,(H,22,24). The molecule has 1 aliphatic rings. The second kappa shape index (κ2) is 7.63. The van der Waals surface area contributed by atoms with Gasteiger partial charge in [-0.2, -0.15) is 0 Å². The number of hydrogen-bond donors (Lipinski definition) is 3. The molecule has 2 aromatic rings. The molecule has 0 aliphatic carbocycles. The van der Waals surface area contributed by atoms with Crippen LogP contribution in [0.15, 0.2) is 48.5 Å². The molecule has 3 rings (SSSR count). The van der Waals surface area contributed by atoms with Crippen molar-refractivity contribution < 1.29 is 19.0 Å². The van der Waals surface area contributed by atoms with Gasteiger partial charge in [0.1, 0.15) is 5.82 Å². The van der Waals surface area contributed by atoms with Gasteiger partial charge in [-0.15, -0.1) is 0 Å². The van der Waals surface area contributed by atoms with Crippen LogP contribution in [-0.2, 0) is 16.0 Å². The lowest BCUT2D eigenvalue weighted by atomic mass is 9.87. The van der Waals surface area contributed by atoms with Gasteiger partial charge in [0.05, 0.1) is 37.3 Å². The summed E-state index contributed by atoms with van der Waals surface area (Å²) in [7, 11) is 0. The molecule has 1 saturated heterocycles. The predicted octanol–water partition coefficient (Wildman–Crippen LogP) is 2.43. The van der Waals surface area contributed by atoms with E-state index in [1.165, 1.54) is 6.07 Å². The van der Waals surface area contributed by atoms with Gasteiger partial charge in [-0.1, -0.05) is 30.3 Å². The molecule has 1 amide bonds. The first-order valence-electron chi connectivity index (χ1n) is 8.16. The Morgan fingerprint density at radius 2 is 1.96 bits per heavy atom. The third kappa shape index (κ3) is 4.35. The fourth-order valence-corrected chi connectivity index (χ4v) is 2.64. The van der Waals surface area contributed by atoms with Crippen LogP contribution in [0.5, 0.6) is 0 Å². The molecule has 5 nitrogen and oxygen atoms in total. The van der Waals surface area contributed by atoms with Gasteiger partial charge in [0, 0.05) is 12.2 Å². The number of aliphatic hydroxyl groups excluding tert-OH is 1. The van der Waals surface area contributed by atoms with Crippen LogP contribution in [0.3, 0.4) is 0 Å². The molecule has 132 valence electrons. The number of hydrogen-bond acceptors (Lipinski definition) is 4. The summed E-state index contributed by atoms with van der Waals surface area (Å²) in [5.74, 6) is -0.766. The molecule has 1 aliphatic heterocycles. The van der Waals surface area contributed by atoms with E-state index in [9.17, 15) is 14.3 Å². The second-order valence-electron chi connectivity index (χ2n) is 6.41. The molecule has 2 aromatic carbocycles. The maximum Gasteiger partial charge on any atom is 0.228 e. The molecular weight excluding hydrogens is 323 g/mol. The minimum Gasteiger partial charge on any atom is -0.396 e. The maximum absolute atomic E-state index is 14.0. The number of ether oxygens (including phenoxy) is 1. The average Bonchev–Trinajstić information content (AvgIpc) is 2.58. The first-order chi connectivity index (χ1) is 12.1. The lowest BCUT2D eigenvalue weighted by Crippen LogP contribution is -2.50. The van der Waals surface area contributed by atoms with Crippen LogP contribution in [0.2, 0.25) is 0 Å². The van der Waals surface area contributed by atoms with E-state index in [1.54, 1.807) is 12.1 Å². The zero-order chi connectivity index (χ0) is 17.7. The van der Waals surface area contributed by atoms with Crippen molar-refractivity contribution in [2.45, 2.75) is 6.42 Å². The number of halogens is 1. The fourth-order valence-electron chi connectivity index (χ4n) is 2.64. The minimum absolute atomic E-state index is 0.0296. The van der Waals surface area contributed by atoms with Crippen LogP contribution in [0.25, 0.3) is 0 Å². The summed E-state index contributed by atoms with van der Waals surface area (Å²) in [6.07, 6.45) is 0.183. The van der Waals surface area contributed by atoms with Crippen LogP contribution in [0.4, 0.5) is 15.8 Å². The summed E-state index contributed by atoms with van der Waals surface area (Å²) < 4.78 is 19.1. The Morgan fingerprint density at radius 3 is 2.60 bits per heavy atom. The van der Waals surface area contributed by atoms with E-state index in [0.29, 0.717) is 25.4 Å². The molecular formula is C19H21FN2O3. The summed E-state index contributed by atoms with van der Waals surface area (Å²) in [6.45, 7) is 1.55. The molecule has 0 aromatic heterocycles. The van der Waals surface area contributed by atoms with Crippen molar-refractivity contribution in [3.8, 4) is 0 Å². The number of amides is 1. The highest BCUT2D eigenvalue weighted by Gasteiger charge is 2.37. The Balaban J connectivity index is 1.62. The summed E-state index contributed by atoms with van der Waals surface area (Å²) >= 11 is 0. The molecule has 25 heavy (non-hydrogen) atoms. The van der Waals surface area contributed by atoms with Gasteiger partial charge < -0.3 is 20.5 Å². The number of carbonyl (C=O) groups excluding carboxylic acids is 1. The quantitative estimate of drug-likeness (QED) is 0.721. The van der Waals surface area contributed by atoms with Crippen molar-refractivity contribution in [2.75, 3.05) is 37.0 Å². The molecule has 6 heteroatoms. The Labute approximate surface area is 145 Å². The van der Waals surface area contributed by atoms with Crippen molar-refractivity contribution in [3.05, 3.63) is 59.9 Å². The van der Waals surface area contributed by atoms with E-state index in [0.717, 1.165) is 5.56 Å². The Bertz CT molecular complexity index is 727. The summed E-state index contributed by atoms with van der Waals surface area (Å²) in [6, 6.07) is 13.8. The Morgan fingerprint density at radius 1 is 1.20 bits per heavy atom. The van der Waals surface area contributed by atoms with Gasteiger partial charge in [0.15, 0.2) is 0 Å². The van der Waals surface area contributed by atoms with Crippen LogP contribution in [0, 0.1) is 11.2 Å². The third-order valence-corrected chi connectivity index (χ3v) is 4.27. The number of anilines is 2. The van der Waals surface area contributed by atoms with Gasteiger partial charge in [-0.25, -0.2) is 4.39 Å². The number of benzene rings is 2. The summed E-state index contributed by atoms with van der Waals surface area (Å²) in [4.78, 5) is 12.1. The monoisotopic (exact) mass is 344 g/mol. The van der Waals surface area contributed by atoms with Crippen molar-refractivity contribution in [3.63, 3.8) is 0 Å². The molecule has 0 spiro atoms. The SMILES string of the molecule is O=C(Cc1ccccc1)Nc1cc(NCC2(CO)COC2)ccc1F. The van der Waals surface area contributed by atoms with Crippen molar-refractivity contribution in [1.29, 1.82) is 0 Å². The van der Waals surface area contributed by atoms with E-state index in [2.05, 4.69) is 10.6 Å². The van der Waals surface area contributed by atoms with Gasteiger partial charge >= 0.3 is 0 Å². The van der Waals surface area contributed by atoms with Crippen LogP contribution in [-0.4, -0.2) is 37.4 Å². The lowest BCUT2D eigenvalue weighted by molar-refractivity contribution is -0.128. The van der Waals surface area contributed by atoms with Crippen LogP contribution >= 0.6 is 0 Å². The highest BCUT2D eigenvalue weighted by atomic mass is 19.1. The third-order valence-electron chi connectivity index (χ3n) is 4.27. The number of carbonyl (C=O) groups is 1. The molecule has 0 bridgehead atoms. The van der Waals surface area contributed by atoms with E-state index in [-0.39, 0.29) is 30.0 Å². The van der Waals surface area contributed by atoms with Gasteiger partial charge in [-0.05, 0) is 23.8 Å². The first-order valence-corrected chi connectivity index (χ1v) is 8.16. The fraction of sp³-hybridized carbons (Fsp3) is 0.316. The van der Waals surface area contributed by atoms with Crippen molar-refractivity contribution >= 4 is 17.3 Å². The number of aliphatic hydroxyl groups is 1. The Kier molecular flexibility index (Phi) is 5.31. The van der Waals surface area contributed by atoms with Gasteiger partial charge in [-0.3, -0.25) is 4.79 Å². The highest BCUT2D eigenvalue weighted by Crippen LogP contribution is 2.28. The topological polar surface area (TPSA) is 70.6 Å². The number of rotatable bonds is 7. The molecule has 1 heterocycles. The lowest BCUT2D eigenvalue weighted by Gasteiger charge is -2.40. The molecule has 0 unspecified atom stereocenters. The molecule has 0 atom stereocenters. The molecule has 1 fully saturated rings. The van der Waals surface area contributed by atoms with E-state index in [4.69, 9.17) is 4.74 Å². The zero-order valence-electron chi connectivity index (χ0n) is 13.8. The zero-order valence-corrected chi connectivity index (χ0v) is 13.8. The minimum atomic E-state index is -0.490. The predicted molar refractivity (Wildman–Crippen MR) is 94.0 cm³/mol. The second-order valence-corrected chi connectivity index (χ2v) is 6.41. The normalized spacial score (nSPS) is 15.3. The highest BCUT2D eigenvalue weighted by molar-refractivity contribution is 5.92. The van der Waals surface area contributed by atoms with Gasteiger partial charge in [0.25, 0.3) is 0 Å². The van der Waals surface area contributed by atoms with Crippen molar-refractivity contribution in [1.82, 2.24) is 0 Å². The van der Waals surface area contributed by atoms with Crippen LogP contribution < -0.4 is 10.6 Å². The van der Waals surface area contributed by atoms with E-state index < -0.39 is 5.82 Å². The van der Waals surface area contributed by atoms with Gasteiger partial charge in [0.2, 0.25) is 5.91 Å². The molecule has 3 N–H and O–H groups in total. The smallest absolute Gasteiger partial charge is 0.228 e. The van der Waals surface area contributed by atoms with E-state index >= 15 is 0 Å². The Hall–Kier alpha value is -2.44. The number of nitrogens with one attached hydrogen (secondary N) is 2. The largest absolute Gasteiger partial charge is 0.396 e. The van der Waals surface area contributed by atoms with Crippen LogP contribution in [0.1, 0.15) is 5.56 Å². The maximum atomic E-state index is 14.0. The first kappa shape index (κ1) is 17.4.